The third kappa shape index (κ3) is 4.67. The molecule has 0 unspecified atom stereocenters. The molecule has 3 aromatic carbocycles. The van der Waals surface area contributed by atoms with Crippen molar-refractivity contribution in [3.05, 3.63) is 72.8 Å². The van der Waals surface area contributed by atoms with Gasteiger partial charge in [-0.05, 0) is 60.7 Å². The van der Waals surface area contributed by atoms with E-state index >= 15 is 0 Å². The average molecular weight is 409 g/mol. The second-order valence-corrected chi connectivity index (χ2v) is 6.12. The van der Waals surface area contributed by atoms with Gasteiger partial charge in [0.1, 0.15) is 17.3 Å². The van der Waals surface area contributed by atoms with Gasteiger partial charge in [0.2, 0.25) is 5.95 Å². The Labute approximate surface area is 175 Å². The minimum absolute atomic E-state index is 0. The van der Waals surface area contributed by atoms with Gasteiger partial charge in [-0.2, -0.15) is 4.98 Å². The van der Waals surface area contributed by atoms with Gasteiger partial charge >= 0.3 is 0 Å². The van der Waals surface area contributed by atoms with Crippen LogP contribution in [-0.4, -0.2) is 24.2 Å². The van der Waals surface area contributed by atoms with Gasteiger partial charge in [-0.3, -0.25) is 0 Å². The van der Waals surface area contributed by atoms with Crippen molar-refractivity contribution in [2.75, 3.05) is 24.9 Å². The molecule has 0 spiro atoms. The molecule has 1 aromatic heterocycles. The Balaban J connectivity index is 0.00000240. The summed E-state index contributed by atoms with van der Waals surface area (Å²) in [5.41, 5.74) is 2.65. The summed E-state index contributed by atoms with van der Waals surface area (Å²) in [7, 11) is 3.30. The van der Waals surface area contributed by atoms with Gasteiger partial charge in [0.25, 0.3) is 0 Å². The molecule has 148 valence electrons. The number of nitrogens with zero attached hydrogens (tertiary/aromatic N) is 2. The largest absolute Gasteiger partial charge is 0.497 e. The van der Waals surface area contributed by atoms with Crippen LogP contribution in [0.2, 0.25) is 0 Å². The predicted molar refractivity (Wildman–Crippen MR) is 119 cm³/mol. The van der Waals surface area contributed by atoms with Crippen LogP contribution in [0.3, 0.4) is 0 Å². The number of ether oxygens (including phenoxy) is 2. The van der Waals surface area contributed by atoms with E-state index in [9.17, 15) is 0 Å². The van der Waals surface area contributed by atoms with Crippen LogP contribution in [0.4, 0.5) is 23.1 Å². The third-order valence-electron chi connectivity index (χ3n) is 4.30. The molecular formula is C22H21ClN4O2. The topological polar surface area (TPSA) is 68.3 Å². The molecule has 0 aliphatic carbocycles. The molecule has 7 heteroatoms. The van der Waals surface area contributed by atoms with Crippen molar-refractivity contribution >= 4 is 46.5 Å². The molecule has 0 atom stereocenters. The van der Waals surface area contributed by atoms with Crippen LogP contribution in [0.15, 0.2) is 72.8 Å². The lowest BCUT2D eigenvalue weighted by Crippen LogP contribution is -2.02. The molecule has 4 rings (SSSR count). The lowest BCUT2D eigenvalue weighted by atomic mass is 10.2. The number of rotatable bonds is 6. The lowest BCUT2D eigenvalue weighted by Gasteiger charge is -2.12. The minimum Gasteiger partial charge on any atom is -0.497 e. The summed E-state index contributed by atoms with van der Waals surface area (Å²) in [5.74, 6) is 2.85. The maximum atomic E-state index is 5.22. The molecule has 0 amide bonds. The zero-order valence-corrected chi connectivity index (χ0v) is 16.9. The van der Waals surface area contributed by atoms with Gasteiger partial charge in [-0.15, -0.1) is 12.4 Å². The van der Waals surface area contributed by atoms with E-state index in [0.29, 0.717) is 5.95 Å². The summed E-state index contributed by atoms with van der Waals surface area (Å²) in [6, 6.07) is 23.2. The molecule has 0 bridgehead atoms. The Morgan fingerprint density at radius 3 is 1.79 bits per heavy atom. The fourth-order valence-electron chi connectivity index (χ4n) is 2.84. The maximum Gasteiger partial charge on any atom is 0.229 e. The molecule has 4 aromatic rings. The van der Waals surface area contributed by atoms with Crippen molar-refractivity contribution in [2.45, 2.75) is 0 Å². The van der Waals surface area contributed by atoms with Gasteiger partial charge in [0.05, 0.1) is 19.7 Å². The lowest BCUT2D eigenvalue weighted by molar-refractivity contribution is 0.415. The molecule has 0 aliphatic heterocycles. The highest BCUT2D eigenvalue weighted by Gasteiger charge is 2.09. The summed E-state index contributed by atoms with van der Waals surface area (Å²) in [6.45, 7) is 0. The molecule has 0 saturated carbocycles. The predicted octanol–water partition coefficient (Wildman–Crippen LogP) is 5.56. The number of hydrogen-bond donors (Lipinski definition) is 2. The number of benzene rings is 3. The van der Waals surface area contributed by atoms with Gasteiger partial charge in [0, 0.05) is 16.8 Å². The molecule has 2 N–H and O–H groups in total. The SMILES string of the molecule is COc1ccc(Nc2nc(Nc3ccc(OC)cc3)c3ccccc3n2)cc1.Cl. The second-order valence-electron chi connectivity index (χ2n) is 6.12. The van der Waals surface area contributed by atoms with Crippen molar-refractivity contribution < 1.29 is 9.47 Å². The summed E-state index contributed by atoms with van der Waals surface area (Å²) < 4.78 is 10.4. The molecule has 0 radical (unpaired) electrons. The van der Waals surface area contributed by atoms with E-state index in [1.54, 1.807) is 14.2 Å². The first-order valence-electron chi connectivity index (χ1n) is 8.84. The number of nitrogens with one attached hydrogen (secondary N) is 2. The minimum atomic E-state index is 0. The monoisotopic (exact) mass is 408 g/mol. The molecular weight excluding hydrogens is 388 g/mol. The number of halogens is 1. The number of methoxy groups -OCH3 is 2. The number of hydrogen-bond acceptors (Lipinski definition) is 6. The van der Waals surface area contributed by atoms with Crippen molar-refractivity contribution in [1.82, 2.24) is 9.97 Å². The van der Waals surface area contributed by atoms with E-state index in [1.807, 2.05) is 72.8 Å². The summed E-state index contributed by atoms with van der Waals surface area (Å²) in [4.78, 5) is 9.31. The van der Waals surface area contributed by atoms with E-state index in [1.165, 1.54) is 0 Å². The summed E-state index contributed by atoms with van der Waals surface area (Å²) >= 11 is 0. The first-order valence-corrected chi connectivity index (χ1v) is 8.84. The summed E-state index contributed by atoms with van der Waals surface area (Å²) in [5, 5.41) is 7.57. The highest BCUT2D eigenvalue weighted by atomic mass is 35.5. The van der Waals surface area contributed by atoms with Crippen LogP contribution >= 0.6 is 12.4 Å². The third-order valence-corrected chi connectivity index (χ3v) is 4.30. The van der Waals surface area contributed by atoms with Crippen LogP contribution in [0.25, 0.3) is 10.9 Å². The van der Waals surface area contributed by atoms with E-state index < -0.39 is 0 Å². The Morgan fingerprint density at radius 2 is 1.21 bits per heavy atom. The first kappa shape index (κ1) is 20.2. The highest BCUT2D eigenvalue weighted by Crippen LogP contribution is 2.27. The molecule has 0 aliphatic rings. The number of anilines is 4. The number of para-hydroxylation sites is 1. The molecule has 0 fully saturated rings. The van der Waals surface area contributed by atoms with Gasteiger partial charge in [-0.25, -0.2) is 4.98 Å². The van der Waals surface area contributed by atoms with Crippen molar-refractivity contribution in [2.24, 2.45) is 0 Å². The Hall–Kier alpha value is -3.51. The first-order chi connectivity index (χ1) is 13.7. The van der Waals surface area contributed by atoms with E-state index in [4.69, 9.17) is 9.47 Å². The Kier molecular flexibility index (Phi) is 6.36. The number of aromatic nitrogens is 2. The smallest absolute Gasteiger partial charge is 0.229 e. The van der Waals surface area contributed by atoms with Crippen molar-refractivity contribution in [1.29, 1.82) is 0 Å². The standard InChI is InChI=1S/C22H20N4O2.ClH/c1-27-17-11-7-15(8-12-17)23-21-19-5-3-4-6-20(19)25-22(26-21)24-16-9-13-18(28-2)14-10-16;/h3-14H,1-2H3,(H2,23,24,25,26);1H. The molecule has 0 saturated heterocycles. The van der Waals surface area contributed by atoms with E-state index in [2.05, 4.69) is 20.6 Å². The van der Waals surface area contributed by atoms with Gasteiger partial charge in [-0.1, -0.05) is 12.1 Å². The van der Waals surface area contributed by atoms with Crippen LogP contribution in [0.5, 0.6) is 11.5 Å². The number of fused-ring (bicyclic) bond motifs is 1. The zero-order chi connectivity index (χ0) is 19.3. The van der Waals surface area contributed by atoms with E-state index in [-0.39, 0.29) is 12.4 Å². The Bertz CT molecular complexity index is 1090. The zero-order valence-electron chi connectivity index (χ0n) is 16.0. The van der Waals surface area contributed by atoms with Crippen molar-refractivity contribution in [3.8, 4) is 11.5 Å². The molecule has 1 heterocycles. The van der Waals surface area contributed by atoms with E-state index in [0.717, 1.165) is 39.6 Å². The van der Waals surface area contributed by atoms with Crippen molar-refractivity contribution in [3.63, 3.8) is 0 Å². The quantitative estimate of drug-likeness (QED) is 0.435. The fraction of sp³-hybridized carbons (Fsp3) is 0.0909. The normalized spacial score (nSPS) is 10.1. The van der Waals surface area contributed by atoms with Crippen LogP contribution in [0.1, 0.15) is 0 Å². The van der Waals surface area contributed by atoms with Crippen LogP contribution < -0.4 is 20.1 Å². The maximum absolute atomic E-state index is 5.22. The fourth-order valence-corrected chi connectivity index (χ4v) is 2.84. The van der Waals surface area contributed by atoms with Gasteiger partial charge in [0.15, 0.2) is 0 Å². The van der Waals surface area contributed by atoms with Crippen LogP contribution in [-0.2, 0) is 0 Å². The molecule has 6 nitrogen and oxygen atoms in total. The van der Waals surface area contributed by atoms with Crippen LogP contribution in [0, 0.1) is 0 Å². The average Bonchev–Trinajstić information content (AvgIpc) is 2.75. The molecule has 29 heavy (non-hydrogen) atoms. The highest BCUT2D eigenvalue weighted by molar-refractivity contribution is 5.92. The Morgan fingerprint density at radius 1 is 0.655 bits per heavy atom. The summed E-state index contributed by atoms with van der Waals surface area (Å²) in [6.07, 6.45) is 0. The second kappa shape index (κ2) is 9.12. The van der Waals surface area contributed by atoms with Gasteiger partial charge < -0.3 is 20.1 Å².